The monoisotopic (exact) mass is 456 g/mol. The van der Waals surface area contributed by atoms with Gasteiger partial charge in [0.1, 0.15) is 5.69 Å². The van der Waals surface area contributed by atoms with Crippen LogP contribution in [0.25, 0.3) is 10.9 Å². The fourth-order valence-electron chi connectivity index (χ4n) is 4.27. The Hall–Kier alpha value is -4.59. The van der Waals surface area contributed by atoms with E-state index in [9.17, 15) is 14.4 Å². The highest BCUT2D eigenvalue weighted by atomic mass is 16.5. The number of amides is 2. The molecular formula is C26H20N2O6. The van der Waals surface area contributed by atoms with Gasteiger partial charge in [0.2, 0.25) is 11.5 Å². The zero-order valence-corrected chi connectivity index (χ0v) is 18.7. The maximum Gasteiger partial charge on any atom is 0.266 e. The number of hydrogen-bond donors (Lipinski definition) is 1. The number of fused-ring (bicyclic) bond motifs is 2. The number of carbonyl (C=O) groups excluding carboxylic acids is 3. The number of para-hydroxylation sites is 1. The first kappa shape index (κ1) is 21.3. The molecule has 0 saturated carbocycles. The van der Waals surface area contributed by atoms with Crippen molar-refractivity contribution in [3.05, 3.63) is 83.0 Å². The Morgan fingerprint density at radius 1 is 0.794 bits per heavy atom. The molecule has 0 spiro atoms. The predicted octanol–water partition coefficient (Wildman–Crippen LogP) is 4.23. The second-order valence-corrected chi connectivity index (χ2v) is 7.63. The van der Waals surface area contributed by atoms with Crippen molar-refractivity contribution < 1.29 is 28.6 Å². The number of rotatable bonds is 6. The van der Waals surface area contributed by atoms with Gasteiger partial charge in [0, 0.05) is 16.5 Å². The highest BCUT2D eigenvalue weighted by Gasteiger charge is 2.40. The van der Waals surface area contributed by atoms with Crippen molar-refractivity contribution in [1.82, 2.24) is 4.98 Å². The molecular weight excluding hydrogens is 436 g/mol. The molecule has 1 aromatic heterocycles. The minimum absolute atomic E-state index is 0.102. The minimum Gasteiger partial charge on any atom is -0.493 e. The normalized spacial score (nSPS) is 12.7. The van der Waals surface area contributed by atoms with E-state index in [0.29, 0.717) is 39.3 Å². The molecule has 5 rings (SSSR count). The molecule has 4 aromatic rings. The molecule has 0 radical (unpaired) electrons. The Morgan fingerprint density at radius 2 is 1.35 bits per heavy atom. The van der Waals surface area contributed by atoms with Gasteiger partial charge in [0.25, 0.3) is 11.8 Å². The van der Waals surface area contributed by atoms with Crippen LogP contribution >= 0.6 is 0 Å². The molecule has 0 atom stereocenters. The first-order chi connectivity index (χ1) is 16.5. The summed E-state index contributed by atoms with van der Waals surface area (Å²) in [5, 5.41) is 0.577. The van der Waals surface area contributed by atoms with E-state index < -0.39 is 17.6 Å². The van der Waals surface area contributed by atoms with Gasteiger partial charge in [0.05, 0.1) is 38.1 Å². The number of hydrogen-bond acceptors (Lipinski definition) is 6. The van der Waals surface area contributed by atoms with Crippen molar-refractivity contribution in [3.63, 3.8) is 0 Å². The first-order valence-electron chi connectivity index (χ1n) is 10.4. The number of H-pyrrole nitrogens is 1. The maximum absolute atomic E-state index is 13.8. The number of aromatic amines is 1. The van der Waals surface area contributed by atoms with Gasteiger partial charge in [-0.3, -0.25) is 14.4 Å². The quantitative estimate of drug-likeness (QED) is 0.345. The summed E-state index contributed by atoms with van der Waals surface area (Å²) in [4.78, 5) is 44.5. The van der Waals surface area contributed by atoms with E-state index in [1.54, 1.807) is 48.5 Å². The van der Waals surface area contributed by atoms with Crippen molar-refractivity contribution in [1.29, 1.82) is 0 Å². The van der Waals surface area contributed by atoms with Crippen molar-refractivity contribution in [2.75, 3.05) is 26.2 Å². The summed E-state index contributed by atoms with van der Waals surface area (Å²) in [5.41, 5.74) is 1.75. The van der Waals surface area contributed by atoms with E-state index in [4.69, 9.17) is 14.2 Å². The van der Waals surface area contributed by atoms with Crippen molar-refractivity contribution in [3.8, 4) is 17.2 Å². The van der Waals surface area contributed by atoms with E-state index in [1.807, 2.05) is 0 Å². The Kier molecular flexibility index (Phi) is 5.05. The van der Waals surface area contributed by atoms with Gasteiger partial charge in [0.15, 0.2) is 11.5 Å². The fraction of sp³-hybridized carbons (Fsp3) is 0.115. The molecule has 8 heteroatoms. The van der Waals surface area contributed by atoms with Gasteiger partial charge >= 0.3 is 0 Å². The number of anilines is 1. The Balaban J connectivity index is 1.71. The van der Waals surface area contributed by atoms with Crippen LogP contribution in [0.1, 0.15) is 36.8 Å². The van der Waals surface area contributed by atoms with E-state index >= 15 is 0 Å². The lowest BCUT2D eigenvalue weighted by molar-refractivity contribution is 0.0926. The van der Waals surface area contributed by atoms with Gasteiger partial charge in [-0.15, -0.1) is 0 Å². The third-order valence-electron chi connectivity index (χ3n) is 5.85. The molecule has 1 aliphatic heterocycles. The standard InChI is InChI=1S/C26H20N2O6/c1-32-19-12-14(13-20(33-2)24(19)34-3)23(29)21-22(17-10-6-7-11-18(17)27-21)28-25(30)15-8-4-5-9-16(15)26(28)31/h4-13,27H,1-3H3. The highest BCUT2D eigenvalue weighted by Crippen LogP contribution is 2.41. The molecule has 2 heterocycles. The Morgan fingerprint density at radius 3 is 1.91 bits per heavy atom. The third kappa shape index (κ3) is 3.03. The molecule has 0 saturated heterocycles. The van der Waals surface area contributed by atoms with Crippen molar-refractivity contribution in [2.24, 2.45) is 0 Å². The molecule has 0 fully saturated rings. The molecule has 8 nitrogen and oxygen atoms in total. The summed E-state index contributed by atoms with van der Waals surface area (Å²) in [6.45, 7) is 0. The lowest BCUT2D eigenvalue weighted by Crippen LogP contribution is -2.30. The van der Waals surface area contributed by atoms with Crippen LogP contribution in [-0.4, -0.2) is 43.9 Å². The molecule has 34 heavy (non-hydrogen) atoms. The van der Waals surface area contributed by atoms with E-state index in [-0.39, 0.29) is 16.9 Å². The number of ether oxygens (including phenoxy) is 3. The minimum atomic E-state index is -0.482. The molecule has 2 amide bonds. The number of nitrogens with zero attached hydrogens (tertiary/aromatic N) is 1. The van der Waals surface area contributed by atoms with Crippen LogP contribution < -0.4 is 19.1 Å². The average Bonchev–Trinajstić information content (AvgIpc) is 3.37. The van der Waals surface area contributed by atoms with Gasteiger partial charge in [-0.05, 0) is 30.3 Å². The van der Waals surface area contributed by atoms with Crippen LogP contribution in [0, 0.1) is 0 Å². The largest absolute Gasteiger partial charge is 0.493 e. The van der Waals surface area contributed by atoms with E-state index in [0.717, 1.165) is 4.90 Å². The smallest absolute Gasteiger partial charge is 0.266 e. The number of nitrogens with one attached hydrogen (secondary N) is 1. The molecule has 0 aliphatic carbocycles. The second-order valence-electron chi connectivity index (χ2n) is 7.63. The lowest BCUT2D eigenvalue weighted by atomic mass is 10.0. The number of imide groups is 1. The van der Waals surface area contributed by atoms with Crippen molar-refractivity contribution >= 4 is 34.2 Å². The van der Waals surface area contributed by atoms with Crippen LogP contribution in [0.15, 0.2) is 60.7 Å². The molecule has 0 unspecified atom stereocenters. The zero-order valence-electron chi connectivity index (χ0n) is 18.7. The third-order valence-corrected chi connectivity index (χ3v) is 5.85. The number of ketones is 1. The molecule has 1 aliphatic rings. The summed E-state index contributed by atoms with van der Waals surface area (Å²) in [7, 11) is 4.39. The number of carbonyl (C=O) groups is 3. The molecule has 170 valence electrons. The second kappa shape index (κ2) is 8.08. The summed E-state index contributed by atoms with van der Waals surface area (Å²) < 4.78 is 16.1. The summed E-state index contributed by atoms with van der Waals surface area (Å²) >= 11 is 0. The predicted molar refractivity (Wildman–Crippen MR) is 125 cm³/mol. The molecule has 0 bridgehead atoms. The molecule has 1 N–H and O–H groups in total. The number of methoxy groups -OCH3 is 3. The topological polar surface area (TPSA) is 97.9 Å². The summed E-state index contributed by atoms with van der Waals surface area (Å²) in [5.74, 6) is -0.443. The van der Waals surface area contributed by atoms with Crippen LogP contribution in [0.2, 0.25) is 0 Å². The van der Waals surface area contributed by atoms with E-state index in [1.165, 1.54) is 33.5 Å². The Bertz CT molecular complexity index is 1430. The maximum atomic E-state index is 13.8. The lowest BCUT2D eigenvalue weighted by Gasteiger charge is -2.16. The highest BCUT2D eigenvalue weighted by molar-refractivity contribution is 6.37. The number of benzene rings is 3. The van der Waals surface area contributed by atoms with Crippen molar-refractivity contribution in [2.45, 2.75) is 0 Å². The van der Waals surface area contributed by atoms with Crippen LogP contribution in [0.3, 0.4) is 0 Å². The summed E-state index contributed by atoms with van der Waals surface area (Å²) in [6, 6.07) is 16.8. The zero-order chi connectivity index (χ0) is 24.0. The van der Waals surface area contributed by atoms with Crippen LogP contribution in [0.5, 0.6) is 17.2 Å². The first-order valence-corrected chi connectivity index (χ1v) is 10.4. The van der Waals surface area contributed by atoms with Gasteiger partial charge < -0.3 is 19.2 Å². The summed E-state index contributed by atoms with van der Waals surface area (Å²) in [6.07, 6.45) is 0. The SMILES string of the molecule is COc1cc(C(=O)c2[nH]c3ccccc3c2N2C(=O)c3ccccc3C2=O)cc(OC)c1OC. The average molecular weight is 456 g/mol. The molecule has 3 aromatic carbocycles. The fourth-order valence-corrected chi connectivity index (χ4v) is 4.27. The van der Waals surface area contributed by atoms with Gasteiger partial charge in [-0.25, -0.2) is 4.90 Å². The Labute approximate surface area is 194 Å². The van der Waals surface area contributed by atoms with Gasteiger partial charge in [-0.2, -0.15) is 0 Å². The van der Waals surface area contributed by atoms with Crippen LogP contribution in [-0.2, 0) is 0 Å². The van der Waals surface area contributed by atoms with Gasteiger partial charge in [-0.1, -0.05) is 30.3 Å². The van der Waals surface area contributed by atoms with E-state index in [2.05, 4.69) is 4.98 Å². The number of aromatic nitrogens is 1. The van der Waals surface area contributed by atoms with Crippen LogP contribution in [0.4, 0.5) is 5.69 Å².